The van der Waals surface area contributed by atoms with Crippen molar-refractivity contribution in [3.05, 3.63) is 36.4 Å². The van der Waals surface area contributed by atoms with E-state index in [0.717, 1.165) is 19.3 Å². The molecule has 1 aromatic rings. The summed E-state index contributed by atoms with van der Waals surface area (Å²) in [6, 6.07) is 6.43. The molecule has 0 aromatic heterocycles. The number of carbonyl (C=O) groups excluding carboxylic acids is 1. The fourth-order valence-corrected chi connectivity index (χ4v) is 2.56. The Morgan fingerprint density at radius 3 is 2.65 bits per heavy atom. The summed E-state index contributed by atoms with van der Waals surface area (Å²) < 4.78 is 24.1. The van der Waals surface area contributed by atoms with Crippen molar-refractivity contribution in [1.29, 1.82) is 0 Å². The zero-order valence-electron chi connectivity index (χ0n) is 10.9. The topological polar surface area (TPSA) is 101 Å². The van der Waals surface area contributed by atoms with Gasteiger partial charge >= 0.3 is 0 Å². The van der Waals surface area contributed by atoms with Gasteiger partial charge in [0.25, 0.3) is 10.2 Å². The number of nitrogens with two attached hydrogens (primary N) is 1. The Morgan fingerprint density at radius 1 is 1.25 bits per heavy atom. The zero-order valence-corrected chi connectivity index (χ0v) is 11.7. The van der Waals surface area contributed by atoms with Gasteiger partial charge in [-0.3, -0.25) is 9.52 Å². The second-order valence-electron chi connectivity index (χ2n) is 4.70. The molecule has 0 saturated carbocycles. The van der Waals surface area contributed by atoms with E-state index in [4.69, 9.17) is 5.14 Å². The quantitative estimate of drug-likeness (QED) is 0.735. The molecule has 0 aliphatic heterocycles. The molecule has 1 amide bonds. The molecule has 20 heavy (non-hydrogen) atoms. The smallest absolute Gasteiger partial charge is 0.296 e. The Balaban J connectivity index is 2.04. The Labute approximate surface area is 118 Å². The number of rotatable bonds is 4. The summed E-state index contributed by atoms with van der Waals surface area (Å²) in [5, 5.41) is 7.69. The first kappa shape index (κ1) is 14.5. The van der Waals surface area contributed by atoms with Crippen LogP contribution in [0.1, 0.15) is 19.3 Å². The van der Waals surface area contributed by atoms with E-state index < -0.39 is 10.2 Å². The van der Waals surface area contributed by atoms with Crippen LogP contribution in [-0.2, 0) is 15.0 Å². The van der Waals surface area contributed by atoms with Crippen LogP contribution < -0.4 is 15.2 Å². The maximum atomic E-state index is 12.1. The molecule has 1 atom stereocenters. The molecule has 0 spiro atoms. The van der Waals surface area contributed by atoms with Crippen molar-refractivity contribution in [2.75, 3.05) is 10.0 Å². The minimum Gasteiger partial charge on any atom is -0.326 e. The van der Waals surface area contributed by atoms with E-state index in [2.05, 4.69) is 16.1 Å². The van der Waals surface area contributed by atoms with Crippen molar-refractivity contribution in [3.63, 3.8) is 0 Å². The lowest BCUT2D eigenvalue weighted by Crippen LogP contribution is -2.24. The summed E-state index contributed by atoms with van der Waals surface area (Å²) in [6.07, 6.45) is 6.55. The van der Waals surface area contributed by atoms with Crippen LogP contribution in [0.5, 0.6) is 0 Å². The second kappa shape index (κ2) is 6.06. The number of anilines is 2. The number of benzene rings is 1. The fourth-order valence-electron chi connectivity index (χ4n) is 2.10. The van der Waals surface area contributed by atoms with Crippen LogP contribution in [0, 0.1) is 5.92 Å². The number of amides is 1. The predicted molar refractivity (Wildman–Crippen MR) is 78.3 cm³/mol. The molecule has 6 nitrogen and oxygen atoms in total. The van der Waals surface area contributed by atoms with Crippen molar-refractivity contribution in [2.24, 2.45) is 11.1 Å². The first-order valence-corrected chi connectivity index (χ1v) is 7.85. The van der Waals surface area contributed by atoms with Crippen LogP contribution >= 0.6 is 0 Å². The lowest BCUT2D eigenvalue weighted by atomic mass is 9.93. The largest absolute Gasteiger partial charge is 0.326 e. The Morgan fingerprint density at radius 2 is 2.00 bits per heavy atom. The number of allylic oxidation sites excluding steroid dienone is 2. The SMILES string of the molecule is NS(=O)(=O)Nc1cccc(NC(=O)C2CC=CCC2)c1. The molecule has 2 rings (SSSR count). The molecule has 108 valence electrons. The molecular weight excluding hydrogens is 278 g/mol. The van der Waals surface area contributed by atoms with Crippen LogP contribution in [0.15, 0.2) is 36.4 Å². The highest BCUT2D eigenvalue weighted by molar-refractivity contribution is 7.90. The van der Waals surface area contributed by atoms with E-state index in [-0.39, 0.29) is 11.8 Å². The number of hydrogen-bond donors (Lipinski definition) is 3. The minimum atomic E-state index is -3.81. The summed E-state index contributed by atoms with van der Waals surface area (Å²) in [4.78, 5) is 12.1. The van der Waals surface area contributed by atoms with Crippen molar-refractivity contribution in [2.45, 2.75) is 19.3 Å². The highest BCUT2D eigenvalue weighted by Crippen LogP contribution is 2.21. The standard InChI is InChI=1S/C13H17N3O3S/c14-20(18,19)16-12-8-4-7-11(9-12)15-13(17)10-5-2-1-3-6-10/h1-2,4,7-10,16H,3,5-6H2,(H,15,17)(H2,14,18,19). The summed E-state index contributed by atoms with van der Waals surface area (Å²) in [5.74, 6) is -0.0861. The Kier molecular flexibility index (Phi) is 4.41. The lowest BCUT2D eigenvalue weighted by Gasteiger charge is -2.17. The van der Waals surface area contributed by atoms with Crippen molar-refractivity contribution >= 4 is 27.5 Å². The van der Waals surface area contributed by atoms with Crippen LogP contribution in [0.4, 0.5) is 11.4 Å². The molecule has 0 bridgehead atoms. The molecule has 4 N–H and O–H groups in total. The van der Waals surface area contributed by atoms with Crippen LogP contribution in [0.25, 0.3) is 0 Å². The average Bonchev–Trinajstić information content (AvgIpc) is 2.38. The molecule has 0 radical (unpaired) electrons. The van der Waals surface area contributed by atoms with Crippen LogP contribution in [0.3, 0.4) is 0 Å². The van der Waals surface area contributed by atoms with Crippen molar-refractivity contribution in [3.8, 4) is 0 Å². The van der Waals surface area contributed by atoms with Crippen molar-refractivity contribution in [1.82, 2.24) is 0 Å². The van der Waals surface area contributed by atoms with Crippen molar-refractivity contribution < 1.29 is 13.2 Å². The van der Waals surface area contributed by atoms with Gasteiger partial charge in [-0.15, -0.1) is 0 Å². The van der Waals surface area contributed by atoms with E-state index in [9.17, 15) is 13.2 Å². The first-order chi connectivity index (χ1) is 9.44. The van der Waals surface area contributed by atoms with Crippen LogP contribution in [0.2, 0.25) is 0 Å². The van der Waals surface area contributed by atoms with E-state index in [1.54, 1.807) is 18.2 Å². The van der Waals surface area contributed by atoms with Gasteiger partial charge in [0, 0.05) is 11.6 Å². The third-order valence-corrected chi connectivity index (χ3v) is 3.55. The molecule has 1 unspecified atom stereocenters. The van der Waals surface area contributed by atoms with Crippen LogP contribution in [-0.4, -0.2) is 14.3 Å². The molecule has 0 fully saturated rings. The summed E-state index contributed by atoms with van der Waals surface area (Å²) in [5.41, 5.74) is 0.854. The minimum absolute atomic E-state index is 0.0325. The number of hydrogen-bond acceptors (Lipinski definition) is 3. The molecular formula is C13H17N3O3S. The van der Waals surface area contributed by atoms with Gasteiger partial charge in [-0.25, -0.2) is 5.14 Å². The van der Waals surface area contributed by atoms with Gasteiger partial charge in [0.15, 0.2) is 0 Å². The molecule has 1 aliphatic rings. The highest BCUT2D eigenvalue weighted by Gasteiger charge is 2.18. The molecule has 7 heteroatoms. The first-order valence-electron chi connectivity index (χ1n) is 6.30. The summed E-state index contributed by atoms with van der Waals surface area (Å²) in [7, 11) is -3.81. The Hall–Kier alpha value is -1.86. The van der Waals surface area contributed by atoms with Gasteiger partial charge in [0.1, 0.15) is 0 Å². The third-order valence-electron chi connectivity index (χ3n) is 3.03. The lowest BCUT2D eigenvalue weighted by molar-refractivity contribution is -0.120. The predicted octanol–water partition coefficient (Wildman–Crippen LogP) is 1.60. The summed E-state index contributed by atoms with van der Waals surface area (Å²) >= 11 is 0. The second-order valence-corrected chi connectivity index (χ2v) is 5.99. The van der Waals surface area contributed by atoms with Gasteiger partial charge in [0.05, 0.1) is 5.69 Å². The van der Waals surface area contributed by atoms with Gasteiger partial charge in [-0.1, -0.05) is 18.2 Å². The van der Waals surface area contributed by atoms with E-state index in [0.29, 0.717) is 11.4 Å². The third kappa shape index (κ3) is 4.36. The van der Waals surface area contributed by atoms with Gasteiger partial charge in [0.2, 0.25) is 5.91 Å². The monoisotopic (exact) mass is 295 g/mol. The maximum Gasteiger partial charge on any atom is 0.296 e. The van der Waals surface area contributed by atoms with E-state index in [1.165, 1.54) is 6.07 Å². The summed E-state index contributed by atoms with van der Waals surface area (Å²) in [6.45, 7) is 0. The number of nitrogens with one attached hydrogen (secondary N) is 2. The molecule has 1 aromatic carbocycles. The van der Waals surface area contributed by atoms with Gasteiger partial charge in [-0.2, -0.15) is 8.42 Å². The molecule has 1 aliphatic carbocycles. The fraction of sp³-hybridized carbons (Fsp3) is 0.308. The highest BCUT2D eigenvalue weighted by atomic mass is 32.2. The zero-order chi connectivity index (χ0) is 14.6. The maximum absolute atomic E-state index is 12.1. The van der Waals surface area contributed by atoms with Gasteiger partial charge < -0.3 is 5.32 Å². The molecule has 0 heterocycles. The van der Waals surface area contributed by atoms with E-state index in [1.807, 2.05) is 6.08 Å². The normalized spacial score (nSPS) is 18.6. The van der Waals surface area contributed by atoms with E-state index >= 15 is 0 Å². The number of carbonyl (C=O) groups is 1. The average molecular weight is 295 g/mol. The van der Waals surface area contributed by atoms with Gasteiger partial charge in [-0.05, 0) is 37.5 Å². The Bertz CT molecular complexity index is 626. The molecule has 0 saturated heterocycles.